The number of carbonyl (C=O) groups excluding carboxylic acids is 1. The molecule has 1 fully saturated rings. The van der Waals surface area contributed by atoms with Gasteiger partial charge in [-0.25, -0.2) is 0 Å². The number of amides is 1. The number of anilines is 1. The lowest BCUT2D eigenvalue weighted by atomic mass is 9.78. The average Bonchev–Trinajstić information content (AvgIpc) is 2.96. The summed E-state index contributed by atoms with van der Waals surface area (Å²) in [5, 5.41) is 7.17. The minimum absolute atomic E-state index is 0.165. The van der Waals surface area contributed by atoms with Gasteiger partial charge in [0.15, 0.2) is 0 Å². The van der Waals surface area contributed by atoms with Gasteiger partial charge >= 0.3 is 7.12 Å². The molecule has 1 N–H and O–H groups in total. The first-order chi connectivity index (χ1) is 12.0. The molecule has 1 aliphatic heterocycles. The lowest BCUT2D eigenvalue weighted by molar-refractivity contribution is 0.00578. The van der Waals surface area contributed by atoms with E-state index in [1.807, 2.05) is 59.7 Å². The molecule has 1 aromatic carbocycles. The van der Waals surface area contributed by atoms with Gasteiger partial charge < -0.3 is 14.6 Å². The molecule has 2 heterocycles. The van der Waals surface area contributed by atoms with Crippen LogP contribution < -0.4 is 10.8 Å². The molecule has 0 unspecified atom stereocenters. The van der Waals surface area contributed by atoms with Crippen LogP contribution in [0.15, 0.2) is 24.4 Å². The Hall–Kier alpha value is -2.12. The number of rotatable bonds is 3. The van der Waals surface area contributed by atoms with Crippen molar-refractivity contribution in [2.75, 3.05) is 5.32 Å². The van der Waals surface area contributed by atoms with E-state index in [0.29, 0.717) is 11.3 Å². The summed E-state index contributed by atoms with van der Waals surface area (Å²) >= 11 is 0. The van der Waals surface area contributed by atoms with Gasteiger partial charge in [-0.3, -0.25) is 9.48 Å². The van der Waals surface area contributed by atoms with Crippen LogP contribution in [0.4, 0.5) is 5.69 Å². The smallest absolute Gasteiger partial charge is 0.399 e. The fourth-order valence-electron chi connectivity index (χ4n) is 2.97. The zero-order valence-electron chi connectivity index (χ0n) is 16.5. The van der Waals surface area contributed by atoms with Gasteiger partial charge in [0, 0.05) is 18.9 Å². The molecule has 7 heteroatoms. The van der Waals surface area contributed by atoms with E-state index >= 15 is 0 Å². The molecule has 138 valence electrons. The molecule has 6 nitrogen and oxygen atoms in total. The first-order valence-corrected chi connectivity index (χ1v) is 8.78. The summed E-state index contributed by atoms with van der Waals surface area (Å²) in [5.74, 6) is -0.165. The van der Waals surface area contributed by atoms with Crippen LogP contribution in [-0.2, 0) is 16.4 Å². The van der Waals surface area contributed by atoms with Crippen molar-refractivity contribution < 1.29 is 14.1 Å². The third-order valence-electron chi connectivity index (χ3n) is 5.28. The van der Waals surface area contributed by atoms with E-state index in [9.17, 15) is 4.79 Å². The molecule has 1 aromatic heterocycles. The lowest BCUT2D eigenvalue weighted by Gasteiger charge is -2.32. The van der Waals surface area contributed by atoms with Crippen molar-refractivity contribution in [1.82, 2.24) is 9.78 Å². The predicted octanol–water partition coefficient (Wildman–Crippen LogP) is 2.59. The third-order valence-corrected chi connectivity index (χ3v) is 5.28. The second-order valence-electron chi connectivity index (χ2n) is 7.92. The van der Waals surface area contributed by atoms with Crippen LogP contribution in [-0.4, -0.2) is 34.0 Å². The van der Waals surface area contributed by atoms with Crippen molar-refractivity contribution in [3.63, 3.8) is 0 Å². The lowest BCUT2D eigenvalue weighted by Crippen LogP contribution is -2.41. The second-order valence-corrected chi connectivity index (χ2v) is 7.92. The van der Waals surface area contributed by atoms with E-state index in [4.69, 9.17) is 9.31 Å². The molecule has 0 spiro atoms. The quantitative estimate of drug-likeness (QED) is 0.860. The zero-order valence-corrected chi connectivity index (χ0v) is 16.5. The summed E-state index contributed by atoms with van der Waals surface area (Å²) in [7, 11) is 1.39. The van der Waals surface area contributed by atoms with E-state index in [1.54, 1.807) is 17.9 Å². The highest BCUT2D eigenvalue weighted by molar-refractivity contribution is 6.62. The van der Waals surface area contributed by atoms with Crippen LogP contribution in [0, 0.1) is 13.8 Å². The predicted molar refractivity (Wildman–Crippen MR) is 103 cm³/mol. The van der Waals surface area contributed by atoms with Crippen LogP contribution in [0.5, 0.6) is 0 Å². The Bertz CT molecular complexity index is 842. The van der Waals surface area contributed by atoms with Gasteiger partial charge in [0.25, 0.3) is 5.91 Å². The number of benzene rings is 1. The first kappa shape index (κ1) is 18.7. The Morgan fingerprint density at radius 1 is 1.15 bits per heavy atom. The van der Waals surface area contributed by atoms with Gasteiger partial charge in [0.2, 0.25) is 0 Å². The fourth-order valence-corrected chi connectivity index (χ4v) is 2.97. The first-order valence-electron chi connectivity index (χ1n) is 8.78. The van der Waals surface area contributed by atoms with Gasteiger partial charge in [-0.1, -0.05) is 12.1 Å². The standard InChI is InChI=1S/C19H26BN3O3/c1-12-10-14(20-25-18(3,4)19(5,6)26-20)8-9-16(12)21-17(24)15-11-23(7)22-13(15)2/h8-11H,1-7H3,(H,21,24). The van der Waals surface area contributed by atoms with Crippen molar-refractivity contribution in [1.29, 1.82) is 0 Å². The minimum atomic E-state index is -0.413. The minimum Gasteiger partial charge on any atom is -0.399 e. The van der Waals surface area contributed by atoms with Gasteiger partial charge in [-0.2, -0.15) is 5.10 Å². The number of nitrogens with zero attached hydrogens (tertiary/aromatic N) is 2. The Labute approximate surface area is 155 Å². The van der Waals surface area contributed by atoms with Crippen LogP contribution in [0.1, 0.15) is 49.3 Å². The highest BCUT2D eigenvalue weighted by Crippen LogP contribution is 2.36. The molecule has 2 aromatic rings. The summed E-state index contributed by atoms with van der Waals surface area (Å²) < 4.78 is 13.8. The summed E-state index contributed by atoms with van der Waals surface area (Å²) in [6.45, 7) is 11.9. The monoisotopic (exact) mass is 355 g/mol. The number of carbonyl (C=O) groups is 1. The molecule has 3 rings (SSSR count). The van der Waals surface area contributed by atoms with Gasteiger partial charge in [0.05, 0.1) is 22.5 Å². The van der Waals surface area contributed by atoms with E-state index < -0.39 is 7.12 Å². The molecule has 26 heavy (non-hydrogen) atoms. The van der Waals surface area contributed by atoms with E-state index in [-0.39, 0.29) is 17.1 Å². The topological polar surface area (TPSA) is 65.4 Å². The maximum Gasteiger partial charge on any atom is 0.494 e. The van der Waals surface area contributed by atoms with Crippen LogP contribution in [0.3, 0.4) is 0 Å². The summed E-state index contributed by atoms with van der Waals surface area (Å²) in [6, 6.07) is 5.81. The number of aryl methyl sites for hydroxylation is 3. The number of hydrogen-bond acceptors (Lipinski definition) is 4. The molecular weight excluding hydrogens is 329 g/mol. The molecule has 1 aliphatic rings. The molecule has 0 radical (unpaired) electrons. The molecule has 0 saturated carbocycles. The SMILES string of the molecule is Cc1cc(B2OC(C)(C)C(C)(C)O2)ccc1NC(=O)c1cn(C)nc1C. The second kappa shape index (κ2) is 6.25. The highest BCUT2D eigenvalue weighted by Gasteiger charge is 2.51. The molecule has 0 bridgehead atoms. The molecule has 1 saturated heterocycles. The number of nitrogens with one attached hydrogen (secondary N) is 1. The fraction of sp³-hybridized carbons (Fsp3) is 0.474. The third kappa shape index (κ3) is 3.29. The maximum atomic E-state index is 12.5. The molecular formula is C19H26BN3O3. The van der Waals surface area contributed by atoms with Crippen LogP contribution in [0.2, 0.25) is 0 Å². The van der Waals surface area contributed by atoms with E-state index in [0.717, 1.165) is 16.7 Å². The Morgan fingerprint density at radius 3 is 2.27 bits per heavy atom. The Balaban J connectivity index is 1.78. The number of hydrogen-bond donors (Lipinski definition) is 1. The molecule has 1 amide bonds. The van der Waals surface area contributed by atoms with Crippen LogP contribution in [0.25, 0.3) is 0 Å². The largest absolute Gasteiger partial charge is 0.494 e. The maximum absolute atomic E-state index is 12.5. The Kier molecular flexibility index (Phi) is 4.49. The van der Waals surface area contributed by atoms with Crippen molar-refractivity contribution in [2.45, 2.75) is 52.7 Å². The normalized spacial score (nSPS) is 18.2. The van der Waals surface area contributed by atoms with Crippen molar-refractivity contribution in [2.24, 2.45) is 7.05 Å². The van der Waals surface area contributed by atoms with Gasteiger partial charge in [0.1, 0.15) is 0 Å². The highest BCUT2D eigenvalue weighted by atomic mass is 16.7. The van der Waals surface area contributed by atoms with E-state index in [2.05, 4.69) is 10.4 Å². The van der Waals surface area contributed by atoms with Crippen molar-refractivity contribution >= 4 is 24.2 Å². The van der Waals surface area contributed by atoms with Crippen molar-refractivity contribution in [3.8, 4) is 0 Å². The summed E-state index contributed by atoms with van der Waals surface area (Å²) in [4.78, 5) is 12.5. The van der Waals surface area contributed by atoms with Crippen LogP contribution >= 0.6 is 0 Å². The van der Waals surface area contributed by atoms with Gasteiger partial charge in [-0.15, -0.1) is 0 Å². The molecule has 0 aliphatic carbocycles. The summed E-state index contributed by atoms with van der Waals surface area (Å²) in [6.07, 6.45) is 1.72. The van der Waals surface area contributed by atoms with Gasteiger partial charge in [-0.05, 0) is 58.6 Å². The number of aromatic nitrogens is 2. The van der Waals surface area contributed by atoms with E-state index in [1.165, 1.54) is 0 Å². The molecule has 0 atom stereocenters. The van der Waals surface area contributed by atoms with Crippen molar-refractivity contribution in [3.05, 3.63) is 41.2 Å². The summed E-state index contributed by atoms with van der Waals surface area (Å²) in [5.41, 5.74) is 3.17. The Morgan fingerprint density at radius 2 is 1.77 bits per heavy atom. The zero-order chi connectivity index (χ0) is 19.3. The average molecular weight is 355 g/mol.